The van der Waals surface area contributed by atoms with E-state index in [0.29, 0.717) is 12.6 Å². The average Bonchev–Trinajstić information content (AvgIpc) is 2.15. The summed E-state index contributed by atoms with van der Waals surface area (Å²) >= 11 is 0. The van der Waals surface area contributed by atoms with Gasteiger partial charge in [0.1, 0.15) is 5.92 Å². The van der Waals surface area contributed by atoms with Gasteiger partial charge in [-0.05, 0) is 27.8 Å². The minimum absolute atomic E-state index is 0.416. The van der Waals surface area contributed by atoms with Crippen LogP contribution in [0.5, 0.6) is 0 Å². The van der Waals surface area contributed by atoms with Gasteiger partial charge in [0.05, 0.1) is 0 Å². The lowest BCUT2D eigenvalue weighted by atomic mass is 10.2. The Morgan fingerprint density at radius 2 is 1.87 bits per heavy atom. The van der Waals surface area contributed by atoms with Crippen molar-refractivity contribution in [2.24, 2.45) is 5.92 Å². The summed E-state index contributed by atoms with van der Waals surface area (Å²) in [4.78, 5) is 23.8. The van der Waals surface area contributed by atoms with Gasteiger partial charge in [-0.3, -0.25) is 9.59 Å². The molecule has 0 aliphatic rings. The Hall–Kier alpha value is -1.10. The number of carbonyl (C=O) groups is 2. The third-order valence-corrected chi connectivity index (χ3v) is 2.41. The monoisotopic (exact) mass is 216 g/mol. The van der Waals surface area contributed by atoms with Crippen molar-refractivity contribution in [2.45, 2.75) is 26.8 Å². The molecule has 0 rings (SSSR count). The molecule has 0 fully saturated rings. The number of carbonyl (C=O) groups excluding carboxylic acids is 1. The van der Waals surface area contributed by atoms with E-state index in [-0.39, 0.29) is 0 Å². The fourth-order valence-corrected chi connectivity index (χ4v) is 0.879. The Morgan fingerprint density at radius 1 is 1.33 bits per heavy atom. The molecular weight excluding hydrogens is 196 g/mol. The van der Waals surface area contributed by atoms with Crippen LogP contribution in [0.1, 0.15) is 20.8 Å². The topological polar surface area (TPSA) is 69.6 Å². The van der Waals surface area contributed by atoms with Crippen molar-refractivity contribution in [1.82, 2.24) is 10.2 Å². The fraction of sp³-hybridized carbons (Fsp3) is 0.800. The lowest BCUT2D eigenvalue weighted by Crippen LogP contribution is -2.39. The molecule has 0 saturated carbocycles. The number of hydrogen-bond donors (Lipinski definition) is 2. The van der Waals surface area contributed by atoms with Crippen LogP contribution in [0.4, 0.5) is 0 Å². The second-order valence-corrected chi connectivity index (χ2v) is 3.93. The Kier molecular flexibility index (Phi) is 5.93. The number of rotatable bonds is 6. The summed E-state index contributed by atoms with van der Waals surface area (Å²) in [5.74, 6) is -2.50. The van der Waals surface area contributed by atoms with E-state index in [1.54, 1.807) is 0 Å². The molecule has 0 aromatic heterocycles. The first kappa shape index (κ1) is 13.9. The number of carboxylic acids is 1. The Morgan fingerprint density at radius 3 is 2.27 bits per heavy atom. The van der Waals surface area contributed by atoms with E-state index in [4.69, 9.17) is 5.11 Å². The van der Waals surface area contributed by atoms with Crippen LogP contribution in [0, 0.1) is 5.92 Å². The van der Waals surface area contributed by atoms with Gasteiger partial charge in [0, 0.05) is 19.1 Å². The van der Waals surface area contributed by atoms with Crippen molar-refractivity contribution < 1.29 is 14.7 Å². The molecule has 15 heavy (non-hydrogen) atoms. The lowest BCUT2D eigenvalue weighted by molar-refractivity contribution is -0.146. The van der Waals surface area contributed by atoms with Crippen molar-refractivity contribution in [1.29, 1.82) is 0 Å². The molecule has 0 heterocycles. The number of nitrogens with one attached hydrogen (secondary N) is 1. The van der Waals surface area contributed by atoms with Gasteiger partial charge in [-0.2, -0.15) is 0 Å². The summed E-state index contributed by atoms with van der Waals surface area (Å²) in [7, 11) is 1.96. The van der Waals surface area contributed by atoms with Crippen LogP contribution in [0.25, 0.3) is 0 Å². The molecule has 0 aromatic carbocycles. The predicted octanol–water partition coefficient (Wildman–Crippen LogP) is 0.164. The molecule has 0 aliphatic carbocycles. The van der Waals surface area contributed by atoms with Crippen LogP contribution in [-0.2, 0) is 9.59 Å². The Balaban J connectivity index is 3.78. The van der Waals surface area contributed by atoms with Gasteiger partial charge in [-0.15, -0.1) is 0 Å². The van der Waals surface area contributed by atoms with Crippen LogP contribution >= 0.6 is 0 Å². The first-order valence-corrected chi connectivity index (χ1v) is 5.07. The van der Waals surface area contributed by atoms with Gasteiger partial charge in [0.2, 0.25) is 5.91 Å². The van der Waals surface area contributed by atoms with Gasteiger partial charge in [0.25, 0.3) is 0 Å². The smallest absolute Gasteiger partial charge is 0.315 e. The highest BCUT2D eigenvalue weighted by Gasteiger charge is 2.19. The van der Waals surface area contributed by atoms with Gasteiger partial charge in [-0.25, -0.2) is 0 Å². The fourth-order valence-electron chi connectivity index (χ4n) is 0.879. The third kappa shape index (κ3) is 5.37. The molecule has 0 aromatic rings. The quantitative estimate of drug-likeness (QED) is 0.621. The molecule has 2 N–H and O–H groups in total. The molecule has 1 amide bonds. The number of aliphatic carboxylic acids is 1. The van der Waals surface area contributed by atoms with E-state index in [0.717, 1.165) is 6.54 Å². The molecule has 0 saturated heterocycles. The molecule has 0 spiro atoms. The molecule has 1 atom stereocenters. The molecule has 5 nitrogen and oxygen atoms in total. The van der Waals surface area contributed by atoms with Gasteiger partial charge < -0.3 is 15.3 Å². The van der Waals surface area contributed by atoms with E-state index in [1.165, 1.54) is 6.92 Å². The van der Waals surface area contributed by atoms with Crippen LogP contribution in [-0.4, -0.2) is 48.1 Å². The second kappa shape index (κ2) is 6.40. The summed E-state index contributed by atoms with van der Waals surface area (Å²) in [6.07, 6.45) is 0. The van der Waals surface area contributed by atoms with Crippen LogP contribution in [0.15, 0.2) is 0 Å². The summed E-state index contributed by atoms with van der Waals surface area (Å²) in [5, 5.41) is 11.2. The van der Waals surface area contributed by atoms with Crippen LogP contribution < -0.4 is 5.32 Å². The summed E-state index contributed by atoms with van der Waals surface area (Å²) < 4.78 is 0. The number of hydrogen-bond acceptors (Lipinski definition) is 3. The SMILES string of the molecule is CC(C(=O)O)C(=O)NCCN(C)C(C)C. The van der Waals surface area contributed by atoms with Gasteiger partial charge in [-0.1, -0.05) is 0 Å². The Bertz CT molecular complexity index is 229. The molecular formula is C10H20N2O3. The first-order chi connectivity index (χ1) is 6.86. The lowest BCUT2D eigenvalue weighted by Gasteiger charge is -2.21. The average molecular weight is 216 g/mol. The van der Waals surface area contributed by atoms with Crippen molar-refractivity contribution >= 4 is 11.9 Å². The number of likely N-dealkylation sites (N-methyl/N-ethyl adjacent to an activating group) is 1. The highest BCUT2D eigenvalue weighted by atomic mass is 16.4. The van der Waals surface area contributed by atoms with E-state index in [9.17, 15) is 9.59 Å². The molecule has 0 radical (unpaired) electrons. The van der Waals surface area contributed by atoms with E-state index in [1.807, 2.05) is 7.05 Å². The van der Waals surface area contributed by atoms with Gasteiger partial charge >= 0.3 is 5.97 Å². The van der Waals surface area contributed by atoms with Crippen LogP contribution in [0.2, 0.25) is 0 Å². The number of nitrogens with zero attached hydrogens (tertiary/aromatic N) is 1. The highest BCUT2D eigenvalue weighted by molar-refractivity contribution is 5.96. The first-order valence-electron chi connectivity index (χ1n) is 5.07. The van der Waals surface area contributed by atoms with Crippen LogP contribution in [0.3, 0.4) is 0 Å². The maximum Gasteiger partial charge on any atom is 0.315 e. The molecule has 88 valence electrons. The minimum Gasteiger partial charge on any atom is -0.481 e. The van der Waals surface area contributed by atoms with Crippen molar-refractivity contribution in [3.05, 3.63) is 0 Å². The van der Waals surface area contributed by atoms with E-state index < -0.39 is 17.8 Å². The van der Waals surface area contributed by atoms with E-state index in [2.05, 4.69) is 24.1 Å². The van der Waals surface area contributed by atoms with Crippen molar-refractivity contribution in [3.63, 3.8) is 0 Å². The third-order valence-electron chi connectivity index (χ3n) is 2.41. The van der Waals surface area contributed by atoms with Gasteiger partial charge in [0.15, 0.2) is 0 Å². The second-order valence-electron chi connectivity index (χ2n) is 3.93. The normalized spacial score (nSPS) is 12.9. The zero-order chi connectivity index (χ0) is 12.0. The number of amides is 1. The largest absolute Gasteiger partial charge is 0.481 e. The summed E-state index contributed by atoms with van der Waals surface area (Å²) in [6, 6.07) is 0.416. The zero-order valence-electron chi connectivity index (χ0n) is 9.78. The summed E-state index contributed by atoms with van der Waals surface area (Å²) in [6.45, 7) is 6.69. The van der Waals surface area contributed by atoms with E-state index >= 15 is 0 Å². The molecule has 0 bridgehead atoms. The number of carboxylic acid groups (broad SMARTS) is 1. The standard InChI is InChI=1S/C10H20N2O3/c1-7(2)12(4)6-5-11-9(13)8(3)10(14)15/h7-8H,5-6H2,1-4H3,(H,11,13)(H,14,15). The predicted molar refractivity (Wildman–Crippen MR) is 57.6 cm³/mol. The molecule has 0 aliphatic heterocycles. The van der Waals surface area contributed by atoms with Crippen molar-refractivity contribution in [3.8, 4) is 0 Å². The zero-order valence-corrected chi connectivity index (χ0v) is 9.78. The Labute approximate surface area is 90.5 Å². The summed E-state index contributed by atoms with van der Waals surface area (Å²) in [5.41, 5.74) is 0. The minimum atomic E-state index is -1.09. The highest BCUT2D eigenvalue weighted by Crippen LogP contribution is 1.95. The molecule has 5 heteroatoms. The molecule has 1 unspecified atom stereocenters. The maximum atomic E-state index is 11.2. The maximum absolute atomic E-state index is 11.2. The van der Waals surface area contributed by atoms with Crippen molar-refractivity contribution in [2.75, 3.05) is 20.1 Å².